The first-order valence-electron chi connectivity index (χ1n) is 8.53. The van der Waals surface area contributed by atoms with Gasteiger partial charge in [-0.1, -0.05) is 30.8 Å². The van der Waals surface area contributed by atoms with Crippen LogP contribution in [0.15, 0.2) is 36.9 Å². The molecule has 1 saturated heterocycles. The lowest BCUT2D eigenvalue weighted by atomic mass is 9.93. The average molecular weight is 328 g/mol. The Kier molecular flexibility index (Phi) is 4.71. The number of amides is 2. The Labute approximate surface area is 142 Å². The SMILES string of the molecule is C=CC(=O)N1CCC(C(=O)NCC2(O)CCc3ccccc32)CC1. The van der Waals surface area contributed by atoms with Crippen molar-refractivity contribution in [3.8, 4) is 0 Å². The van der Waals surface area contributed by atoms with Crippen molar-refractivity contribution in [3.63, 3.8) is 0 Å². The Bertz CT molecular complexity index is 650. The Morgan fingerprint density at radius 1 is 1.33 bits per heavy atom. The van der Waals surface area contributed by atoms with Crippen LogP contribution >= 0.6 is 0 Å². The quantitative estimate of drug-likeness (QED) is 0.820. The number of rotatable bonds is 4. The van der Waals surface area contributed by atoms with Crippen molar-refractivity contribution in [2.45, 2.75) is 31.3 Å². The zero-order valence-corrected chi connectivity index (χ0v) is 13.8. The number of aryl methyl sites for hydroxylation is 1. The number of likely N-dealkylation sites (tertiary alicyclic amines) is 1. The highest BCUT2D eigenvalue weighted by molar-refractivity contribution is 5.87. The summed E-state index contributed by atoms with van der Waals surface area (Å²) in [7, 11) is 0. The fraction of sp³-hybridized carbons (Fsp3) is 0.474. The number of hydrogen-bond donors (Lipinski definition) is 2. The largest absolute Gasteiger partial charge is 0.383 e. The molecule has 1 heterocycles. The van der Waals surface area contributed by atoms with E-state index >= 15 is 0 Å². The average Bonchev–Trinajstić information content (AvgIpc) is 2.97. The lowest BCUT2D eigenvalue weighted by molar-refractivity contribution is -0.132. The molecule has 2 N–H and O–H groups in total. The summed E-state index contributed by atoms with van der Waals surface area (Å²) in [5.74, 6) is -0.205. The van der Waals surface area contributed by atoms with Crippen LogP contribution < -0.4 is 5.32 Å². The van der Waals surface area contributed by atoms with Crippen molar-refractivity contribution in [2.24, 2.45) is 5.92 Å². The highest BCUT2D eigenvalue weighted by atomic mass is 16.3. The van der Waals surface area contributed by atoms with E-state index in [-0.39, 0.29) is 24.3 Å². The zero-order chi connectivity index (χ0) is 17.2. The molecule has 128 valence electrons. The lowest BCUT2D eigenvalue weighted by Gasteiger charge is -2.31. The molecular weight excluding hydrogens is 304 g/mol. The molecule has 5 nitrogen and oxygen atoms in total. The molecule has 0 saturated carbocycles. The van der Waals surface area contributed by atoms with Crippen LogP contribution in [-0.2, 0) is 21.6 Å². The summed E-state index contributed by atoms with van der Waals surface area (Å²) >= 11 is 0. The van der Waals surface area contributed by atoms with Gasteiger partial charge in [-0.15, -0.1) is 0 Å². The molecule has 1 fully saturated rings. The third-order valence-electron chi connectivity index (χ3n) is 5.23. The van der Waals surface area contributed by atoms with E-state index in [4.69, 9.17) is 0 Å². The third-order valence-corrected chi connectivity index (χ3v) is 5.23. The van der Waals surface area contributed by atoms with Crippen LogP contribution in [-0.4, -0.2) is 41.5 Å². The molecule has 1 aliphatic heterocycles. The zero-order valence-electron chi connectivity index (χ0n) is 13.8. The number of carbonyl (C=O) groups is 2. The molecule has 2 amide bonds. The van der Waals surface area contributed by atoms with Crippen LogP contribution in [0.2, 0.25) is 0 Å². The minimum absolute atomic E-state index is 0.0292. The summed E-state index contributed by atoms with van der Waals surface area (Å²) in [6, 6.07) is 7.86. The first-order chi connectivity index (χ1) is 11.5. The molecule has 24 heavy (non-hydrogen) atoms. The fourth-order valence-electron chi connectivity index (χ4n) is 3.72. The van der Waals surface area contributed by atoms with Gasteiger partial charge in [0.1, 0.15) is 5.60 Å². The molecule has 1 aromatic rings. The predicted molar refractivity (Wildman–Crippen MR) is 91.2 cm³/mol. The molecule has 5 heteroatoms. The van der Waals surface area contributed by atoms with E-state index in [9.17, 15) is 14.7 Å². The van der Waals surface area contributed by atoms with Crippen molar-refractivity contribution in [3.05, 3.63) is 48.0 Å². The number of nitrogens with one attached hydrogen (secondary N) is 1. The van der Waals surface area contributed by atoms with E-state index < -0.39 is 5.60 Å². The molecule has 1 aromatic carbocycles. The van der Waals surface area contributed by atoms with Crippen LogP contribution in [0.1, 0.15) is 30.4 Å². The number of hydrogen-bond acceptors (Lipinski definition) is 3. The topological polar surface area (TPSA) is 69.6 Å². The van der Waals surface area contributed by atoms with Gasteiger partial charge in [0.15, 0.2) is 0 Å². The number of benzene rings is 1. The number of piperidine rings is 1. The second-order valence-corrected chi connectivity index (χ2v) is 6.71. The Balaban J connectivity index is 1.54. The van der Waals surface area contributed by atoms with Gasteiger partial charge in [-0.3, -0.25) is 9.59 Å². The summed E-state index contributed by atoms with van der Waals surface area (Å²) in [5.41, 5.74) is 1.12. The van der Waals surface area contributed by atoms with Crippen molar-refractivity contribution in [1.29, 1.82) is 0 Å². The first kappa shape index (κ1) is 16.7. The van der Waals surface area contributed by atoms with Crippen molar-refractivity contribution < 1.29 is 14.7 Å². The summed E-state index contributed by atoms with van der Waals surface area (Å²) in [4.78, 5) is 25.7. The van der Waals surface area contributed by atoms with Crippen LogP contribution in [0.5, 0.6) is 0 Å². The minimum Gasteiger partial charge on any atom is -0.383 e. The highest BCUT2D eigenvalue weighted by Crippen LogP contribution is 2.36. The van der Waals surface area contributed by atoms with Crippen LogP contribution in [0, 0.1) is 5.92 Å². The molecule has 0 spiro atoms. The van der Waals surface area contributed by atoms with Gasteiger partial charge in [-0.05, 0) is 42.9 Å². The maximum absolute atomic E-state index is 12.4. The number of nitrogens with zero attached hydrogens (tertiary/aromatic N) is 1. The summed E-state index contributed by atoms with van der Waals surface area (Å²) in [6.45, 7) is 4.89. The van der Waals surface area contributed by atoms with Crippen LogP contribution in [0.25, 0.3) is 0 Å². The van der Waals surface area contributed by atoms with E-state index in [0.29, 0.717) is 32.4 Å². The molecule has 1 atom stereocenters. The van der Waals surface area contributed by atoms with Gasteiger partial charge in [-0.2, -0.15) is 0 Å². The molecule has 0 bridgehead atoms. The maximum atomic E-state index is 12.4. The van der Waals surface area contributed by atoms with Gasteiger partial charge in [-0.25, -0.2) is 0 Å². The second kappa shape index (κ2) is 6.77. The Morgan fingerprint density at radius 2 is 2.04 bits per heavy atom. The molecule has 2 aliphatic rings. The predicted octanol–water partition coefficient (Wildman–Crippen LogP) is 1.36. The van der Waals surface area contributed by atoms with Gasteiger partial charge in [0.2, 0.25) is 11.8 Å². The highest BCUT2D eigenvalue weighted by Gasteiger charge is 2.37. The van der Waals surface area contributed by atoms with E-state index in [1.807, 2.05) is 24.3 Å². The van der Waals surface area contributed by atoms with E-state index in [1.54, 1.807) is 4.90 Å². The summed E-state index contributed by atoms with van der Waals surface area (Å²) in [5, 5.41) is 13.8. The van der Waals surface area contributed by atoms with Crippen LogP contribution in [0.3, 0.4) is 0 Å². The maximum Gasteiger partial charge on any atom is 0.245 e. The first-order valence-corrected chi connectivity index (χ1v) is 8.53. The molecule has 1 aliphatic carbocycles. The standard InChI is InChI=1S/C19H24N2O3/c1-2-17(22)21-11-8-15(9-12-21)18(23)20-13-19(24)10-7-14-5-3-4-6-16(14)19/h2-6,15,24H,1,7-13H2,(H,20,23). The van der Waals surface area contributed by atoms with E-state index in [1.165, 1.54) is 6.08 Å². The van der Waals surface area contributed by atoms with E-state index in [2.05, 4.69) is 11.9 Å². The smallest absolute Gasteiger partial charge is 0.245 e. The number of aliphatic hydroxyl groups is 1. The van der Waals surface area contributed by atoms with Gasteiger partial charge >= 0.3 is 0 Å². The van der Waals surface area contributed by atoms with Gasteiger partial charge < -0.3 is 15.3 Å². The summed E-state index contributed by atoms with van der Waals surface area (Å²) in [6.07, 6.45) is 4.10. The molecule has 3 rings (SSSR count). The van der Waals surface area contributed by atoms with Crippen LogP contribution in [0.4, 0.5) is 0 Å². The van der Waals surface area contributed by atoms with E-state index in [0.717, 1.165) is 17.5 Å². The van der Waals surface area contributed by atoms with Gasteiger partial charge in [0.25, 0.3) is 0 Å². The molecule has 0 aromatic heterocycles. The second-order valence-electron chi connectivity index (χ2n) is 6.71. The normalized spacial score (nSPS) is 23.6. The monoisotopic (exact) mass is 328 g/mol. The fourth-order valence-corrected chi connectivity index (χ4v) is 3.72. The minimum atomic E-state index is -0.967. The summed E-state index contributed by atoms with van der Waals surface area (Å²) < 4.78 is 0. The van der Waals surface area contributed by atoms with Gasteiger partial charge in [0.05, 0.1) is 6.54 Å². The lowest BCUT2D eigenvalue weighted by Crippen LogP contribution is -2.45. The Hall–Kier alpha value is -2.14. The number of carbonyl (C=O) groups excluding carboxylic acids is 2. The molecule has 0 radical (unpaired) electrons. The Morgan fingerprint density at radius 3 is 2.75 bits per heavy atom. The third kappa shape index (κ3) is 3.22. The van der Waals surface area contributed by atoms with Gasteiger partial charge in [0, 0.05) is 19.0 Å². The van der Waals surface area contributed by atoms with Crippen molar-refractivity contribution in [1.82, 2.24) is 10.2 Å². The van der Waals surface area contributed by atoms with Crippen molar-refractivity contribution >= 4 is 11.8 Å². The molecular formula is C19H24N2O3. The number of fused-ring (bicyclic) bond motifs is 1. The molecule has 1 unspecified atom stereocenters. The van der Waals surface area contributed by atoms with Crippen molar-refractivity contribution in [2.75, 3.05) is 19.6 Å².